The van der Waals surface area contributed by atoms with Crippen LogP contribution in [0.5, 0.6) is 11.5 Å². The van der Waals surface area contributed by atoms with Crippen molar-refractivity contribution in [2.24, 2.45) is 0 Å². The first-order chi connectivity index (χ1) is 13.0. The molecule has 0 aromatic heterocycles. The second kappa shape index (κ2) is 10.6. The first-order valence-electron chi connectivity index (χ1n) is 9.54. The summed E-state index contributed by atoms with van der Waals surface area (Å²) in [5.41, 5.74) is 3.57. The van der Waals surface area contributed by atoms with Gasteiger partial charge in [0.05, 0.1) is 7.11 Å². The van der Waals surface area contributed by atoms with Crippen LogP contribution >= 0.6 is 12.4 Å². The van der Waals surface area contributed by atoms with Crippen molar-refractivity contribution in [2.75, 3.05) is 51.3 Å². The van der Waals surface area contributed by atoms with Gasteiger partial charge in [0.2, 0.25) is 0 Å². The van der Waals surface area contributed by atoms with Gasteiger partial charge in [0.1, 0.15) is 24.2 Å². The monoisotopic (exact) mass is 406 g/mol. The van der Waals surface area contributed by atoms with E-state index in [9.17, 15) is 5.11 Å². The lowest BCUT2D eigenvalue weighted by Crippen LogP contribution is -2.49. The Balaban J connectivity index is 0.00000280. The third-order valence-electron chi connectivity index (χ3n) is 4.92. The minimum atomic E-state index is -0.488. The maximum atomic E-state index is 10.3. The maximum absolute atomic E-state index is 10.3. The van der Waals surface area contributed by atoms with Gasteiger partial charge in [0, 0.05) is 38.4 Å². The van der Waals surface area contributed by atoms with E-state index in [2.05, 4.69) is 41.8 Å². The molecule has 1 atom stereocenters. The van der Waals surface area contributed by atoms with E-state index in [4.69, 9.17) is 9.47 Å². The highest BCUT2D eigenvalue weighted by Crippen LogP contribution is 2.21. The minimum absolute atomic E-state index is 0. The summed E-state index contributed by atoms with van der Waals surface area (Å²) in [5, 5.41) is 10.3. The lowest BCUT2D eigenvalue weighted by atomic mass is 10.1. The van der Waals surface area contributed by atoms with E-state index in [1.807, 2.05) is 24.3 Å². The summed E-state index contributed by atoms with van der Waals surface area (Å²) >= 11 is 0. The summed E-state index contributed by atoms with van der Waals surface area (Å²) in [6.45, 7) is 8.85. The molecule has 0 radical (unpaired) electrons. The fourth-order valence-electron chi connectivity index (χ4n) is 3.54. The van der Waals surface area contributed by atoms with Crippen LogP contribution in [0.3, 0.4) is 0 Å². The molecule has 0 bridgehead atoms. The highest BCUT2D eigenvalue weighted by Gasteiger charge is 2.20. The number of hydrogen-bond acceptors (Lipinski definition) is 5. The Bertz CT molecular complexity index is 711. The topological polar surface area (TPSA) is 45.2 Å². The number of β-amino-alcohol motifs (C(OH)–C–C–N with tert-alkyl or cyclic N) is 1. The van der Waals surface area contributed by atoms with Crippen molar-refractivity contribution in [1.29, 1.82) is 0 Å². The van der Waals surface area contributed by atoms with E-state index in [1.165, 1.54) is 16.8 Å². The van der Waals surface area contributed by atoms with E-state index >= 15 is 0 Å². The molecule has 2 aromatic carbocycles. The van der Waals surface area contributed by atoms with Crippen molar-refractivity contribution >= 4 is 18.1 Å². The van der Waals surface area contributed by atoms with Crippen molar-refractivity contribution < 1.29 is 14.6 Å². The number of methoxy groups -OCH3 is 1. The van der Waals surface area contributed by atoms with Gasteiger partial charge in [0.25, 0.3) is 0 Å². The van der Waals surface area contributed by atoms with Crippen molar-refractivity contribution in [3.05, 3.63) is 53.6 Å². The number of nitrogens with zero attached hydrogens (tertiary/aromatic N) is 2. The molecule has 0 spiro atoms. The number of benzene rings is 2. The van der Waals surface area contributed by atoms with E-state index in [0.717, 1.165) is 37.7 Å². The van der Waals surface area contributed by atoms with Crippen LogP contribution in [0.25, 0.3) is 0 Å². The molecule has 1 unspecified atom stereocenters. The molecule has 6 heteroatoms. The highest BCUT2D eigenvalue weighted by atomic mass is 35.5. The van der Waals surface area contributed by atoms with Crippen molar-refractivity contribution in [3.63, 3.8) is 0 Å². The molecule has 154 valence electrons. The lowest BCUT2D eigenvalue weighted by molar-refractivity contribution is 0.0662. The Morgan fingerprint density at radius 3 is 2.11 bits per heavy atom. The van der Waals surface area contributed by atoms with Crippen LogP contribution in [0.2, 0.25) is 0 Å². The molecule has 3 rings (SSSR count). The highest BCUT2D eigenvalue weighted by molar-refractivity contribution is 5.85. The van der Waals surface area contributed by atoms with Crippen molar-refractivity contribution in [3.8, 4) is 11.5 Å². The minimum Gasteiger partial charge on any atom is -0.497 e. The van der Waals surface area contributed by atoms with Gasteiger partial charge in [-0.25, -0.2) is 0 Å². The van der Waals surface area contributed by atoms with Crippen LogP contribution in [0.1, 0.15) is 11.1 Å². The zero-order chi connectivity index (χ0) is 19.2. The van der Waals surface area contributed by atoms with Gasteiger partial charge in [-0.15, -0.1) is 12.4 Å². The van der Waals surface area contributed by atoms with Crippen LogP contribution < -0.4 is 14.4 Å². The summed E-state index contributed by atoms with van der Waals surface area (Å²) in [7, 11) is 1.68. The largest absolute Gasteiger partial charge is 0.497 e. The molecule has 1 aliphatic heterocycles. The fraction of sp³-hybridized carbons (Fsp3) is 0.455. The summed E-state index contributed by atoms with van der Waals surface area (Å²) < 4.78 is 11.0. The molecule has 5 nitrogen and oxygen atoms in total. The Labute approximate surface area is 174 Å². The van der Waals surface area contributed by atoms with Crippen LogP contribution in [-0.2, 0) is 0 Å². The van der Waals surface area contributed by atoms with E-state index in [-0.39, 0.29) is 12.4 Å². The van der Waals surface area contributed by atoms with Gasteiger partial charge in [-0.1, -0.05) is 6.07 Å². The van der Waals surface area contributed by atoms with Gasteiger partial charge in [0.15, 0.2) is 0 Å². The number of aryl methyl sites for hydroxylation is 2. The zero-order valence-electron chi connectivity index (χ0n) is 16.9. The molecule has 28 heavy (non-hydrogen) atoms. The van der Waals surface area contributed by atoms with E-state index < -0.39 is 6.10 Å². The standard InChI is InChI=1S/C22H30N2O3.ClH/c1-17-12-18(2)14-22(13-17)27-16-20(25)15-23-8-10-24(11-9-23)19-4-6-21(26-3)7-5-19;/h4-7,12-14,20,25H,8-11,15-16H2,1-3H3;1H. The number of hydrogen-bond donors (Lipinski definition) is 1. The summed E-state index contributed by atoms with van der Waals surface area (Å²) in [6.07, 6.45) is -0.488. The van der Waals surface area contributed by atoms with Gasteiger partial charge < -0.3 is 19.5 Å². The summed E-state index contributed by atoms with van der Waals surface area (Å²) in [5.74, 6) is 1.71. The molecule has 1 N–H and O–H groups in total. The molecule has 0 saturated carbocycles. The number of aliphatic hydroxyl groups is 1. The smallest absolute Gasteiger partial charge is 0.119 e. The second-order valence-electron chi connectivity index (χ2n) is 7.27. The fourth-order valence-corrected chi connectivity index (χ4v) is 3.54. The third kappa shape index (κ3) is 6.30. The number of halogens is 1. The maximum Gasteiger partial charge on any atom is 0.119 e. The number of ether oxygens (including phenoxy) is 2. The molecule has 1 fully saturated rings. The van der Waals surface area contributed by atoms with E-state index in [0.29, 0.717) is 13.2 Å². The zero-order valence-corrected chi connectivity index (χ0v) is 17.7. The van der Waals surface area contributed by atoms with Crippen LogP contribution in [-0.4, -0.2) is 62.6 Å². The quantitative estimate of drug-likeness (QED) is 0.764. The number of rotatable bonds is 7. The van der Waals surface area contributed by atoms with Gasteiger partial charge in [-0.2, -0.15) is 0 Å². The summed E-state index contributed by atoms with van der Waals surface area (Å²) in [6, 6.07) is 14.3. The Morgan fingerprint density at radius 2 is 1.54 bits per heavy atom. The molecule has 1 heterocycles. The first-order valence-corrected chi connectivity index (χ1v) is 9.54. The van der Waals surface area contributed by atoms with Crippen LogP contribution in [0.15, 0.2) is 42.5 Å². The average Bonchev–Trinajstić information content (AvgIpc) is 2.66. The third-order valence-corrected chi connectivity index (χ3v) is 4.92. The van der Waals surface area contributed by atoms with Crippen molar-refractivity contribution in [1.82, 2.24) is 4.90 Å². The van der Waals surface area contributed by atoms with E-state index in [1.54, 1.807) is 7.11 Å². The lowest BCUT2D eigenvalue weighted by Gasteiger charge is -2.36. The normalized spacial score (nSPS) is 15.6. The Hall–Kier alpha value is -1.95. The molecule has 2 aromatic rings. The van der Waals surface area contributed by atoms with Crippen molar-refractivity contribution in [2.45, 2.75) is 20.0 Å². The Kier molecular flexibility index (Phi) is 8.42. The Morgan fingerprint density at radius 1 is 0.929 bits per heavy atom. The second-order valence-corrected chi connectivity index (χ2v) is 7.27. The molecule has 0 aliphatic carbocycles. The first kappa shape index (κ1) is 22.3. The molecule has 1 aliphatic rings. The summed E-state index contributed by atoms with van der Waals surface area (Å²) in [4.78, 5) is 4.67. The SMILES string of the molecule is COc1ccc(N2CCN(CC(O)COc3cc(C)cc(C)c3)CC2)cc1.Cl. The van der Waals surface area contributed by atoms with Gasteiger partial charge in [-0.3, -0.25) is 4.90 Å². The number of anilines is 1. The van der Waals surface area contributed by atoms with Crippen LogP contribution in [0.4, 0.5) is 5.69 Å². The van der Waals surface area contributed by atoms with Gasteiger partial charge in [-0.05, 0) is 61.4 Å². The van der Waals surface area contributed by atoms with Crippen LogP contribution in [0, 0.1) is 13.8 Å². The number of aliphatic hydroxyl groups excluding tert-OH is 1. The molecular weight excluding hydrogens is 376 g/mol. The molecule has 1 saturated heterocycles. The molecular formula is C22H31ClN2O3. The predicted octanol–water partition coefficient (Wildman–Crippen LogP) is 3.30. The van der Waals surface area contributed by atoms with Gasteiger partial charge >= 0.3 is 0 Å². The predicted molar refractivity (Wildman–Crippen MR) is 116 cm³/mol. The molecule has 0 amide bonds. The average molecular weight is 407 g/mol. The number of piperazine rings is 1.